The summed E-state index contributed by atoms with van der Waals surface area (Å²) in [5.41, 5.74) is 0.150. The molecular weight excluding hydrogens is 681 g/mol. The number of carbonyl (C=O) groups excluding carboxylic acids is 1. The third kappa shape index (κ3) is 8.41. The van der Waals surface area contributed by atoms with E-state index in [0.717, 1.165) is 33.8 Å². The summed E-state index contributed by atoms with van der Waals surface area (Å²) in [6.45, 7) is 17.2. The van der Waals surface area contributed by atoms with Crippen LogP contribution in [0, 0.1) is 15.4 Å². The smallest absolute Gasteiger partial charge is 0.332 e. The number of esters is 1. The Bertz CT molecular complexity index is 1300. The van der Waals surface area contributed by atoms with Crippen LogP contribution >= 0.6 is 22.6 Å². The molecule has 6 nitrogen and oxygen atoms in total. The van der Waals surface area contributed by atoms with Gasteiger partial charge in [0.1, 0.15) is 24.0 Å². The van der Waals surface area contributed by atoms with E-state index >= 15 is 0 Å². The molecule has 0 radical (unpaired) electrons. The minimum absolute atomic E-state index is 0.144. The SMILES string of the molecule is CC(C)CC1CC(c2onc([C@@H](CCO[Si](c3ccccc3)(c3ccccc3)C(C)(C)C)OCC(=O)OC(C)(C)C)c2I)C1. The van der Waals surface area contributed by atoms with Crippen LogP contribution in [-0.4, -0.2) is 38.3 Å². The molecule has 2 aromatic carbocycles. The lowest BCUT2D eigenvalue weighted by Crippen LogP contribution is -2.66. The van der Waals surface area contributed by atoms with Gasteiger partial charge >= 0.3 is 5.97 Å². The third-order valence-corrected chi connectivity index (χ3v) is 14.5. The highest BCUT2D eigenvalue weighted by molar-refractivity contribution is 14.1. The molecule has 0 spiro atoms. The second kappa shape index (κ2) is 14.6. The van der Waals surface area contributed by atoms with Gasteiger partial charge in [-0.3, -0.25) is 0 Å². The lowest BCUT2D eigenvalue weighted by Gasteiger charge is -2.43. The number of nitrogens with zero attached hydrogens (tertiary/aromatic N) is 1. The Morgan fingerprint density at radius 1 is 0.977 bits per heavy atom. The van der Waals surface area contributed by atoms with Gasteiger partial charge in [-0.25, -0.2) is 4.79 Å². The van der Waals surface area contributed by atoms with Crippen LogP contribution in [0.5, 0.6) is 0 Å². The first-order valence-electron chi connectivity index (χ1n) is 15.9. The maximum Gasteiger partial charge on any atom is 0.332 e. The molecule has 240 valence electrons. The summed E-state index contributed by atoms with van der Waals surface area (Å²) in [6, 6.07) is 21.2. The summed E-state index contributed by atoms with van der Waals surface area (Å²) in [5, 5.41) is 6.84. The summed E-state index contributed by atoms with van der Waals surface area (Å²) >= 11 is 2.35. The van der Waals surface area contributed by atoms with E-state index in [2.05, 4.69) is 111 Å². The highest BCUT2D eigenvalue weighted by Gasteiger charge is 2.50. The van der Waals surface area contributed by atoms with Gasteiger partial charge in [0.25, 0.3) is 8.32 Å². The second-order valence-corrected chi connectivity index (χ2v) is 20.0. The van der Waals surface area contributed by atoms with E-state index in [1.54, 1.807) is 0 Å². The Morgan fingerprint density at radius 3 is 2.05 bits per heavy atom. The molecule has 1 fully saturated rings. The van der Waals surface area contributed by atoms with Crippen LogP contribution in [0.1, 0.15) is 105 Å². The van der Waals surface area contributed by atoms with E-state index in [1.165, 1.54) is 16.8 Å². The molecule has 4 rings (SSSR count). The van der Waals surface area contributed by atoms with Crippen molar-refractivity contribution in [1.29, 1.82) is 0 Å². The van der Waals surface area contributed by atoms with Crippen molar-refractivity contribution in [3.05, 3.63) is 75.7 Å². The predicted octanol–water partition coefficient (Wildman–Crippen LogP) is 8.19. The number of aromatic nitrogens is 1. The van der Waals surface area contributed by atoms with Gasteiger partial charge in [0.05, 0.1) is 3.57 Å². The van der Waals surface area contributed by atoms with Crippen molar-refractivity contribution in [2.75, 3.05) is 13.2 Å². The van der Waals surface area contributed by atoms with Crippen LogP contribution in [0.2, 0.25) is 5.04 Å². The summed E-state index contributed by atoms with van der Waals surface area (Å²) in [5.74, 6) is 2.37. The van der Waals surface area contributed by atoms with Gasteiger partial charge < -0.3 is 18.4 Å². The van der Waals surface area contributed by atoms with E-state index < -0.39 is 26.0 Å². The molecule has 1 aromatic heterocycles. The second-order valence-electron chi connectivity index (χ2n) is 14.6. The van der Waals surface area contributed by atoms with Crippen molar-refractivity contribution >= 4 is 47.3 Å². The van der Waals surface area contributed by atoms with Gasteiger partial charge in [-0.05, 0) is 89.9 Å². The number of carbonyl (C=O) groups is 1. The molecule has 1 saturated carbocycles. The fourth-order valence-electron chi connectivity index (χ4n) is 6.49. The molecule has 0 amide bonds. The first-order chi connectivity index (χ1) is 20.7. The van der Waals surface area contributed by atoms with Gasteiger partial charge in [0.2, 0.25) is 0 Å². The molecular formula is C36H50INO5Si. The highest BCUT2D eigenvalue weighted by Crippen LogP contribution is 2.47. The van der Waals surface area contributed by atoms with Crippen LogP contribution in [0.15, 0.2) is 65.2 Å². The normalized spacial score (nSPS) is 18.2. The topological polar surface area (TPSA) is 70.8 Å². The molecule has 1 aliphatic rings. The van der Waals surface area contributed by atoms with Crippen LogP contribution in [-0.2, 0) is 18.7 Å². The third-order valence-electron chi connectivity index (χ3n) is 8.34. The van der Waals surface area contributed by atoms with Crippen LogP contribution in [0.25, 0.3) is 0 Å². The van der Waals surface area contributed by atoms with E-state index in [9.17, 15) is 4.79 Å². The quantitative estimate of drug-likeness (QED) is 0.100. The zero-order valence-electron chi connectivity index (χ0n) is 27.7. The van der Waals surface area contributed by atoms with Crippen molar-refractivity contribution < 1.29 is 23.2 Å². The highest BCUT2D eigenvalue weighted by atomic mass is 127. The monoisotopic (exact) mass is 731 g/mol. The largest absolute Gasteiger partial charge is 0.458 e. The van der Waals surface area contributed by atoms with Gasteiger partial charge in [-0.2, -0.15) is 0 Å². The first kappa shape index (κ1) is 34.9. The van der Waals surface area contributed by atoms with E-state index in [1.807, 2.05) is 32.9 Å². The minimum atomic E-state index is -2.73. The number of ether oxygens (including phenoxy) is 2. The van der Waals surface area contributed by atoms with Crippen molar-refractivity contribution in [3.63, 3.8) is 0 Å². The lowest BCUT2D eigenvalue weighted by atomic mass is 9.70. The zero-order chi connectivity index (χ0) is 32.1. The molecule has 0 N–H and O–H groups in total. The molecule has 44 heavy (non-hydrogen) atoms. The number of rotatable bonds is 13. The fourth-order valence-corrected chi connectivity index (χ4v) is 12.1. The maximum atomic E-state index is 12.7. The molecule has 3 aromatic rings. The average Bonchev–Trinajstić information content (AvgIpc) is 3.29. The maximum absolute atomic E-state index is 12.7. The number of benzene rings is 2. The molecule has 1 heterocycles. The summed E-state index contributed by atoms with van der Waals surface area (Å²) in [7, 11) is -2.73. The molecule has 8 heteroatoms. The number of halogens is 1. The number of hydrogen-bond donors (Lipinski definition) is 0. The Morgan fingerprint density at radius 2 is 1.55 bits per heavy atom. The van der Waals surface area contributed by atoms with Crippen LogP contribution in [0.3, 0.4) is 0 Å². The van der Waals surface area contributed by atoms with Gasteiger partial charge in [-0.15, -0.1) is 0 Å². The van der Waals surface area contributed by atoms with E-state index in [-0.39, 0.29) is 11.6 Å². The van der Waals surface area contributed by atoms with Gasteiger partial charge in [0.15, 0.2) is 5.76 Å². The Kier molecular flexibility index (Phi) is 11.6. The van der Waals surface area contributed by atoms with Gasteiger partial charge in [-0.1, -0.05) is 100 Å². The zero-order valence-corrected chi connectivity index (χ0v) is 30.8. The molecule has 1 aliphatic carbocycles. The molecule has 0 saturated heterocycles. The standard InChI is InChI=1S/C36H50INO5Si/c1-25(2)21-26-22-27(23-26)34-32(37)33(38-43-34)30(40-24-31(39)42-35(3,4)5)19-20-41-44(36(6,7)8,28-15-11-9-12-16-28)29-17-13-10-14-18-29/h9-18,25-27,30H,19-24H2,1-8H3/t26?,27?,30-/m1/s1. The van der Waals surface area contributed by atoms with Gasteiger partial charge in [0, 0.05) is 18.9 Å². The van der Waals surface area contributed by atoms with Crippen molar-refractivity contribution in [1.82, 2.24) is 5.16 Å². The van der Waals surface area contributed by atoms with E-state index in [4.69, 9.17) is 18.4 Å². The van der Waals surface area contributed by atoms with Crippen molar-refractivity contribution in [2.24, 2.45) is 11.8 Å². The molecule has 1 atom stereocenters. The molecule has 0 bridgehead atoms. The first-order valence-corrected chi connectivity index (χ1v) is 18.9. The Hall–Kier alpha value is -2.01. The number of hydrogen-bond acceptors (Lipinski definition) is 6. The molecule has 0 aliphatic heterocycles. The fraction of sp³-hybridized carbons (Fsp3) is 0.556. The Balaban J connectivity index is 1.59. The lowest BCUT2D eigenvalue weighted by molar-refractivity contribution is -0.162. The van der Waals surface area contributed by atoms with Crippen LogP contribution < -0.4 is 10.4 Å². The summed E-state index contributed by atoms with van der Waals surface area (Å²) in [6.07, 6.45) is 3.55. The summed E-state index contributed by atoms with van der Waals surface area (Å²) < 4.78 is 26.0. The average molecular weight is 732 g/mol. The van der Waals surface area contributed by atoms with Crippen molar-refractivity contribution in [2.45, 2.75) is 104 Å². The predicted molar refractivity (Wildman–Crippen MR) is 187 cm³/mol. The van der Waals surface area contributed by atoms with Crippen LogP contribution in [0.4, 0.5) is 0 Å². The molecule has 0 unspecified atom stereocenters. The van der Waals surface area contributed by atoms with Crippen molar-refractivity contribution in [3.8, 4) is 0 Å². The summed E-state index contributed by atoms with van der Waals surface area (Å²) in [4.78, 5) is 12.7. The minimum Gasteiger partial charge on any atom is -0.458 e. The van der Waals surface area contributed by atoms with E-state index in [0.29, 0.717) is 24.9 Å². The Labute approximate surface area is 278 Å².